The first-order chi connectivity index (χ1) is 6.81. The van der Waals surface area contributed by atoms with E-state index in [1.54, 1.807) is 0 Å². The molecule has 0 unspecified atom stereocenters. The molecule has 0 atom stereocenters. The smallest absolute Gasteiger partial charge is 0.140 e. The summed E-state index contributed by atoms with van der Waals surface area (Å²) in [5.74, 6) is 0.951. The number of nitrogens with zero attached hydrogens (tertiary/aromatic N) is 1. The van der Waals surface area contributed by atoms with Crippen LogP contribution in [0.15, 0.2) is 12.3 Å². The van der Waals surface area contributed by atoms with Crippen LogP contribution in [-0.2, 0) is 12.8 Å². The lowest BCUT2D eigenvalue weighted by atomic mass is 10.1. The van der Waals surface area contributed by atoms with Gasteiger partial charge in [-0.2, -0.15) is 0 Å². The molecular weight excluding hydrogens is 174 g/mol. The first-order valence-electron chi connectivity index (χ1n) is 5.42. The van der Waals surface area contributed by atoms with Gasteiger partial charge in [0.05, 0.1) is 12.8 Å². The molecule has 0 fully saturated rings. The molecule has 1 aromatic rings. The molecule has 0 saturated heterocycles. The third-order valence-corrected chi connectivity index (χ3v) is 2.21. The summed E-state index contributed by atoms with van der Waals surface area (Å²) in [6, 6.07) is 2.14. The van der Waals surface area contributed by atoms with Crippen LogP contribution in [0.3, 0.4) is 0 Å². The van der Waals surface area contributed by atoms with E-state index in [1.165, 1.54) is 5.56 Å². The first kappa shape index (κ1) is 11.0. The van der Waals surface area contributed by atoms with E-state index in [1.807, 2.05) is 6.20 Å². The molecule has 78 valence electrons. The highest BCUT2D eigenvalue weighted by atomic mass is 16.5. The summed E-state index contributed by atoms with van der Waals surface area (Å²) in [6.45, 7) is 7.15. The van der Waals surface area contributed by atoms with Crippen LogP contribution >= 0.6 is 0 Å². The highest BCUT2D eigenvalue weighted by Gasteiger charge is 2.03. The monoisotopic (exact) mass is 193 g/mol. The Morgan fingerprint density at radius 1 is 1.21 bits per heavy atom. The average Bonchev–Trinajstić information content (AvgIpc) is 2.26. The Labute approximate surface area is 86.3 Å². The lowest BCUT2D eigenvalue weighted by Crippen LogP contribution is -2.00. The van der Waals surface area contributed by atoms with E-state index < -0.39 is 0 Å². The van der Waals surface area contributed by atoms with Gasteiger partial charge in [-0.1, -0.05) is 20.8 Å². The third-order valence-electron chi connectivity index (χ3n) is 2.21. The minimum Gasteiger partial charge on any atom is -0.492 e. The SMILES string of the molecule is CCCOc1cnc(CC)cc1CC. The molecule has 0 N–H and O–H groups in total. The Morgan fingerprint density at radius 2 is 2.00 bits per heavy atom. The Hall–Kier alpha value is -1.05. The summed E-state index contributed by atoms with van der Waals surface area (Å²) in [6.07, 6.45) is 4.89. The summed E-state index contributed by atoms with van der Waals surface area (Å²) in [4.78, 5) is 4.33. The summed E-state index contributed by atoms with van der Waals surface area (Å²) in [7, 11) is 0. The van der Waals surface area contributed by atoms with Crippen LogP contribution in [0.5, 0.6) is 5.75 Å². The molecule has 2 heteroatoms. The van der Waals surface area contributed by atoms with Crippen molar-refractivity contribution in [2.75, 3.05) is 6.61 Å². The Morgan fingerprint density at radius 3 is 2.57 bits per heavy atom. The first-order valence-corrected chi connectivity index (χ1v) is 5.42. The van der Waals surface area contributed by atoms with Gasteiger partial charge in [-0.25, -0.2) is 0 Å². The molecule has 1 aromatic heterocycles. The zero-order chi connectivity index (χ0) is 10.4. The van der Waals surface area contributed by atoms with Gasteiger partial charge in [-0.15, -0.1) is 0 Å². The van der Waals surface area contributed by atoms with E-state index in [2.05, 4.69) is 31.8 Å². The molecule has 1 rings (SSSR count). The lowest BCUT2D eigenvalue weighted by Gasteiger charge is -2.09. The highest BCUT2D eigenvalue weighted by molar-refractivity contribution is 5.32. The van der Waals surface area contributed by atoms with Crippen LogP contribution in [0.25, 0.3) is 0 Å². The fraction of sp³-hybridized carbons (Fsp3) is 0.583. The van der Waals surface area contributed by atoms with Gasteiger partial charge in [0.2, 0.25) is 0 Å². The van der Waals surface area contributed by atoms with Gasteiger partial charge in [-0.05, 0) is 30.9 Å². The van der Waals surface area contributed by atoms with Crippen LogP contribution in [-0.4, -0.2) is 11.6 Å². The predicted molar refractivity (Wildman–Crippen MR) is 58.8 cm³/mol. The zero-order valence-electron chi connectivity index (χ0n) is 9.34. The number of hydrogen-bond donors (Lipinski definition) is 0. The zero-order valence-corrected chi connectivity index (χ0v) is 9.34. The highest BCUT2D eigenvalue weighted by Crippen LogP contribution is 2.19. The number of aryl methyl sites for hydroxylation is 2. The van der Waals surface area contributed by atoms with Gasteiger partial charge in [0.15, 0.2) is 0 Å². The number of pyridine rings is 1. The minimum absolute atomic E-state index is 0.778. The molecule has 0 aromatic carbocycles. The summed E-state index contributed by atoms with van der Waals surface area (Å²) >= 11 is 0. The van der Waals surface area contributed by atoms with Gasteiger partial charge >= 0.3 is 0 Å². The van der Waals surface area contributed by atoms with E-state index in [9.17, 15) is 0 Å². The molecule has 2 nitrogen and oxygen atoms in total. The van der Waals surface area contributed by atoms with Gasteiger partial charge < -0.3 is 4.74 Å². The third kappa shape index (κ3) is 2.72. The largest absolute Gasteiger partial charge is 0.492 e. The molecule has 0 aliphatic rings. The van der Waals surface area contributed by atoms with Crippen molar-refractivity contribution >= 4 is 0 Å². The standard InChI is InChI=1S/C12H19NO/c1-4-7-14-12-9-13-11(6-3)8-10(12)5-2/h8-9H,4-7H2,1-3H3. The van der Waals surface area contributed by atoms with E-state index in [0.29, 0.717) is 0 Å². The maximum Gasteiger partial charge on any atom is 0.140 e. The van der Waals surface area contributed by atoms with Crippen molar-refractivity contribution in [2.24, 2.45) is 0 Å². The lowest BCUT2D eigenvalue weighted by molar-refractivity contribution is 0.313. The van der Waals surface area contributed by atoms with E-state index >= 15 is 0 Å². The van der Waals surface area contributed by atoms with Gasteiger partial charge in [0.25, 0.3) is 0 Å². The Balaban J connectivity index is 2.82. The van der Waals surface area contributed by atoms with Crippen molar-refractivity contribution < 1.29 is 4.74 Å². The quantitative estimate of drug-likeness (QED) is 0.717. The van der Waals surface area contributed by atoms with Crippen molar-refractivity contribution in [2.45, 2.75) is 40.0 Å². The van der Waals surface area contributed by atoms with Crippen LogP contribution in [0.1, 0.15) is 38.4 Å². The number of hydrogen-bond acceptors (Lipinski definition) is 2. The van der Waals surface area contributed by atoms with Crippen LogP contribution in [0, 0.1) is 0 Å². The van der Waals surface area contributed by atoms with E-state index in [-0.39, 0.29) is 0 Å². The molecule has 0 aliphatic carbocycles. The topological polar surface area (TPSA) is 22.1 Å². The van der Waals surface area contributed by atoms with Gasteiger partial charge in [0, 0.05) is 5.69 Å². The van der Waals surface area contributed by atoms with Gasteiger partial charge in [0.1, 0.15) is 5.75 Å². The molecule has 0 radical (unpaired) electrons. The molecule has 14 heavy (non-hydrogen) atoms. The van der Waals surface area contributed by atoms with E-state index in [0.717, 1.165) is 37.3 Å². The fourth-order valence-corrected chi connectivity index (χ4v) is 1.35. The molecule has 0 bridgehead atoms. The number of ether oxygens (including phenoxy) is 1. The second-order valence-electron chi connectivity index (χ2n) is 3.34. The molecular formula is C12H19NO. The van der Waals surface area contributed by atoms with Crippen LogP contribution in [0.2, 0.25) is 0 Å². The maximum absolute atomic E-state index is 5.61. The van der Waals surface area contributed by atoms with Crippen molar-refractivity contribution in [3.8, 4) is 5.75 Å². The Bertz CT molecular complexity index is 284. The van der Waals surface area contributed by atoms with Crippen molar-refractivity contribution in [3.63, 3.8) is 0 Å². The number of aromatic nitrogens is 1. The van der Waals surface area contributed by atoms with Crippen molar-refractivity contribution in [3.05, 3.63) is 23.5 Å². The maximum atomic E-state index is 5.61. The number of rotatable bonds is 5. The molecule has 0 amide bonds. The molecule has 0 spiro atoms. The summed E-state index contributed by atoms with van der Waals surface area (Å²) in [5.41, 5.74) is 2.41. The van der Waals surface area contributed by atoms with E-state index in [4.69, 9.17) is 4.74 Å². The average molecular weight is 193 g/mol. The van der Waals surface area contributed by atoms with Crippen molar-refractivity contribution in [1.29, 1.82) is 0 Å². The normalized spacial score (nSPS) is 10.2. The fourth-order valence-electron chi connectivity index (χ4n) is 1.35. The molecule has 0 saturated carbocycles. The molecule has 0 aliphatic heterocycles. The van der Waals surface area contributed by atoms with Crippen LogP contribution < -0.4 is 4.74 Å². The second kappa shape index (κ2) is 5.63. The van der Waals surface area contributed by atoms with Crippen LogP contribution in [0.4, 0.5) is 0 Å². The summed E-state index contributed by atoms with van der Waals surface area (Å²) < 4.78 is 5.61. The predicted octanol–water partition coefficient (Wildman–Crippen LogP) is 3.00. The van der Waals surface area contributed by atoms with Gasteiger partial charge in [-0.3, -0.25) is 4.98 Å². The summed E-state index contributed by atoms with van der Waals surface area (Å²) in [5, 5.41) is 0. The molecule has 1 heterocycles. The second-order valence-corrected chi connectivity index (χ2v) is 3.34. The van der Waals surface area contributed by atoms with Crippen molar-refractivity contribution in [1.82, 2.24) is 4.98 Å². The minimum atomic E-state index is 0.778. The Kier molecular flexibility index (Phi) is 4.44.